The van der Waals surface area contributed by atoms with E-state index in [0.717, 1.165) is 6.42 Å². The van der Waals surface area contributed by atoms with Crippen LogP contribution in [0.4, 0.5) is 0 Å². The molecule has 0 atom stereocenters. The average molecular weight is 210 g/mol. The van der Waals surface area contributed by atoms with E-state index in [1.165, 1.54) is 0 Å². The number of H-pyrrole nitrogens is 1. The molecule has 0 aliphatic carbocycles. The van der Waals surface area contributed by atoms with Gasteiger partial charge in [0.05, 0.1) is 6.10 Å². The molecule has 2 N–H and O–H groups in total. The molecule has 1 aromatic rings. The molecule has 4 nitrogen and oxygen atoms in total. The Morgan fingerprint density at radius 1 is 1.60 bits per heavy atom. The van der Waals surface area contributed by atoms with E-state index in [4.69, 9.17) is 4.74 Å². The molecule has 0 saturated carbocycles. The summed E-state index contributed by atoms with van der Waals surface area (Å²) in [7, 11) is 0. The molecule has 0 aliphatic heterocycles. The van der Waals surface area contributed by atoms with E-state index in [0.29, 0.717) is 18.8 Å². The molecule has 15 heavy (non-hydrogen) atoms. The number of amides is 1. The van der Waals surface area contributed by atoms with Crippen LogP contribution >= 0.6 is 0 Å². The molecule has 0 bridgehead atoms. The summed E-state index contributed by atoms with van der Waals surface area (Å²) < 4.78 is 5.36. The SMILES string of the molecule is CC(C)OCCCNC(=O)c1ccc[nH]1. The minimum Gasteiger partial charge on any atom is -0.379 e. The Hall–Kier alpha value is -1.29. The second kappa shape index (κ2) is 6.24. The maximum Gasteiger partial charge on any atom is 0.267 e. The van der Waals surface area contributed by atoms with Crippen molar-refractivity contribution in [3.8, 4) is 0 Å². The van der Waals surface area contributed by atoms with Crippen LogP contribution in [0.3, 0.4) is 0 Å². The fourth-order valence-corrected chi connectivity index (χ4v) is 1.16. The molecule has 1 rings (SSSR count). The van der Waals surface area contributed by atoms with E-state index in [1.54, 1.807) is 18.3 Å². The smallest absolute Gasteiger partial charge is 0.267 e. The van der Waals surface area contributed by atoms with Crippen LogP contribution < -0.4 is 5.32 Å². The lowest BCUT2D eigenvalue weighted by Crippen LogP contribution is -2.25. The van der Waals surface area contributed by atoms with Crippen molar-refractivity contribution < 1.29 is 9.53 Å². The molecule has 0 aromatic carbocycles. The van der Waals surface area contributed by atoms with Crippen molar-refractivity contribution in [2.45, 2.75) is 26.4 Å². The first-order valence-electron chi connectivity index (χ1n) is 5.23. The Labute approximate surface area is 90.0 Å². The lowest BCUT2D eigenvalue weighted by Gasteiger charge is -2.07. The quantitative estimate of drug-likeness (QED) is 0.700. The van der Waals surface area contributed by atoms with E-state index >= 15 is 0 Å². The number of aromatic amines is 1. The van der Waals surface area contributed by atoms with Gasteiger partial charge in [-0.15, -0.1) is 0 Å². The lowest BCUT2D eigenvalue weighted by molar-refractivity contribution is 0.0756. The van der Waals surface area contributed by atoms with Crippen LogP contribution in [0.2, 0.25) is 0 Å². The van der Waals surface area contributed by atoms with Crippen molar-refractivity contribution in [1.29, 1.82) is 0 Å². The largest absolute Gasteiger partial charge is 0.379 e. The van der Waals surface area contributed by atoms with Gasteiger partial charge >= 0.3 is 0 Å². The highest BCUT2D eigenvalue weighted by Crippen LogP contribution is 1.94. The predicted molar refractivity (Wildman–Crippen MR) is 58.8 cm³/mol. The van der Waals surface area contributed by atoms with Crippen LogP contribution in [0.1, 0.15) is 30.8 Å². The van der Waals surface area contributed by atoms with Gasteiger partial charge < -0.3 is 15.0 Å². The highest BCUT2D eigenvalue weighted by Gasteiger charge is 2.03. The summed E-state index contributed by atoms with van der Waals surface area (Å²) >= 11 is 0. The van der Waals surface area contributed by atoms with Crippen LogP contribution in [0.5, 0.6) is 0 Å². The van der Waals surface area contributed by atoms with E-state index in [2.05, 4.69) is 10.3 Å². The first kappa shape index (κ1) is 11.8. The third-order valence-electron chi connectivity index (χ3n) is 1.90. The molecule has 0 radical (unpaired) electrons. The molecule has 1 aromatic heterocycles. The van der Waals surface area contributed by atoms with E-state index in [9.17, 15) is 4.79 Å². The number of carbonyl (C=O) groups excluding carboxylic acids is 1. The van der Waals surface area contributed by atoms with Gasteiger partial charge in [-0.3, -0.25) is 4.79 Å². The molecule has 0 saturated heterocycles. The maximum atomic E-state index is 11.4. The number of ether oxygens (including phenoxy) is 1. The molecule has 0 aliphatic rings. The van der Waals surface area contributed by atoms with Crippen molar-refractivity contribution in [2.75, 3.05) is 13.2 Å². The lowest BCUT2D eigenvalue weighted by atomic mass is 10.4. The van der Waals surface area contributed by atoms with Gasteiger partial charge in [0.15, 0.2) is 0 Å². The van der Waals surface area contributed by atoms with Crippen molar-refractivity contribution in [3.63, 3.8) is 0 Å². The van der Waals surface area contributed by atoms with Crippen LogP contribution in [-0.2, 0) is 4.74 Å². The summed E-state index contributed by atoms with van der Waals surface area (Å²) in [6.45, 7) is 5.32. The first-order chi connectivity index (χ1) is 7.20. The number of nitrogens with one attached hydrogen (secondary N) is 2. The first-order valence-corrected chi connectivity index (χ1v) is 5.23. The fraction of sp³-hybridized carbons (Fsp3) is 0.545. The van der Waals surface area contributed by atoms with E-state index < -0.39 is 0 Å². The second-order valence-corrected chi connectivity index (χ2v) is 3.61. The molecule has 0 unspecified atom stereocenters. The second-order valence-electron chi connectivity index (χ2n) is 3.61. The molecular formula is C11H18N2O2. The van der Waals surface area contributed by atoms with Crippen molar-refractivity contribution >= 4 is 5.91 Å². The Morgan fingerprint density at radius 3 is 3.00 bits per heavy atom. The van der Waals surface area contributed by atoms with Gasteiger partial charge in [0.1, 0.15) is 5.69 Å². The minimum atomic E-state index is -0.0652. The number of carbonyl (C=O) groups is 1. The normalized spacial score (nSPS) is 10.6. The van der Waals surface area contributed by atoms with Gasteiger partial charge in [-0.2, -0.15) is 0 Å². The Morgan fingerprint density at radius 2 is 2.40 bits per heavy atom. The number of rotatable bonds is 6. The van der Waals surface area contributed by atoms with Crippen LogP contribution in [0, 0.1) is 0 Å². The van der Waals surface area contributed by atoms with E-state index in [-0.39, 0.29) is 12.0 Å². The predicted octanol–water partition coefficient (Wildman–Crippen LogP) is 1.56. The third-order valence-corrected chi connectivity index (χ3v) is 1.90. The zero-order chi connectivity index (χ0) is 11.1. The van der Waals surface area contributed by atoms with E-state index in [1.807, 2.05) is 13.8 Å². The zero-order valence-electron chi connectivity index (χ0n) is 9.25. The third kappa shape index (κ3) is 4.65. The van der Waals surface area contributed by atoms with Gasteiger partial charge in [-0.25, -0.2) is 0 Å². The molecule has 0 fully saturated rings. The van der Waals surface area contributed by atoms with Crippen molar-refractivity contribution in [1.82, 2.24) is 10.3 Å². The molecule has 0 spiro atoms. The topological polar surface area (TPSA) is 54.1 Å². The number of hydrogen-bond acceptors (Lipinski definition) is 2. The Kier molecular flexibility index (Phi) is 4.90. The summed E-state index contributed by atoms with van der Waals surface area (Å²) in [5.74, 6) is -0.0652. The fourth-order valence-electron chi connectivity index (χ4n) is 1.16. The van der Waals surface area contributed by atoms with Crippen LogP contribution in [0.15, 0.2) is 18.3 Å². The van der Waals surface area contributed by atoms with Crippen LogP contribution in [-0.4, -0.2) is 30.1 Å². The summed E-state index contributed by atoms with van der Waals surface area (Å²) in [4.78, 5) is 14.3. The molecule has 84 valence electrons. The van der Waals surface area contributed by atoms with Crippen molar-refractivity contribution in [3.05, 3.63) is 24.0 Å². The van der Waals surface area contributed by atoms with Crippen LogP contribution in [0.25, 0.3) is 0 Å². The van der Waals surface area contributed by atoms with Gasteiger partial charge in [-0.1, -0.05) is 0 Å². The number of hydrogen-bond donors (Lipinski definition) is 2. The average Bonchev–Trinajstić information content (AvgIpc) is 2.69. The van der Waals surface area contributed by atoms with Gasteiger partial charge in [0.2, 0.25) is 0 Å². The summed E-state index contributed by atoms with van der Waals surface area (Å²) in [6, 6.07) is 3.55. The van der Waals surface area contributed by atoms with Gasteiger partial charge in [0, 0.05) is 19.3 Å². The monoisotopic (exact) mass is 210 g/mol. The highest BCUT2D eigenvalue weighted by molar-refractivity contribution is 5.92. The summed E-state index contributed by atoms with van der Waals surface area (Å²) in [5.41, 5.74) is 0.597. The van der Waals surface area contributed by atoms with Gasteiger partial charge in [-0.05, 0) is 32.4 Å². The number of aromatic nitrogens is 1. The summed E-state index contributed by atoms with van der Waals surface area (Å²) in [6.07, 6.45) is 2.82. The highest BCUT2D eigenvalue weighted by atomic mass is 16.5. The minimum absolute atomic E-state index is 0.0652. The molecule has 1 heterocycles. The molecule has 1 amide bonds. The molecular weight excluding hydrogens is 192 g/mol. The van der Waals surface area contributed by atoms with Gasteiger partial charge in [0.25, 0.3) is 5.91 Å². The zero-order valence-corrected chi connectivity index (χ0v) is 9.25. The summed E-state index contributed by atoms with van der Waals surface area (Å²) in [5, 5.41) is 2.81. The Balaban J connectivity index is 2.08. The molecule has 4 heteroatoms. The Bertz CT molecular complexity index is 281. The maximum absolute atomic E-state index is 11.4. The van der Waals surface area contributed by atoms with Crippen molar-refractivity contribution in [2.24, 2.45) is 0 Å². The standard InChI is InChI=1S/C11H18N2O2/c1-9(2)15-8-4-7-13-11(14)10-5-3-6-12-10/h3,5-6,9,12H,4,7-8H2,1-2H3,(H,13,14).